The monoisotopic (exact) mass is 247 g/mol. The molecular formula is C10H17NO2S2. The van der Waals surface area contributed by atoms with Crippen molar-refractivity contribution in [3.8, 4) is 0 Å². The van der Waals surface area contributed by atoms with E-state index in [-0.39, 0.29) is 5.75 Å². The second-order valence-corrected chi connectivity index (χ2v) is 7.36. The third-order valence-corrected chi connectivity index (χ3v) is 4.26. The second kappa shape index (κ2) is 5.09. The molecule has 15 heavy (non-hydrogen) atoms. The number of hydrogen-bond donors (Lipinski definition) is 1. The maximum absolute atomic E-state index is 10.9. The molecule has 1 heterocycles. The highest BCUT2D eigenvalue weighted by Crippen LogP contribution is 2.19. The second-order valence-electron chi connectivity index (χ2n) is 3.76. The minimum atomic E-state index is -2.84. The van der Waals surface area contributed by atoms with Crippen LogP contribution in [-0.2, 0) is 16.4 Å². The summed E-state index contributed by atoms with van der Waals surface area (Å²) in [5.74, 6) is 0.205. The number of nitrogens with one attached hydrogen (secondary N) is 1. The Kier molecular flexibility index (Phi) is 4.31. The first-order valence-electron chi connectivity index (χ1n) is 4.83. The van der Waals surface area contributed by atoms with E-state index >= 15 is 0 Å². The van der Waals surface area contributed by atoms with E-state index in [1.807, 2.05) is 0 Å². The Morgan fingerprint density at radius 3 is 2.53 bits per heavy atom. The molecule has 0 aliphatic rings. The molecular weight excluding hydrogens is 230 g/mol. The summed E-state index contributed by atoms with van der Waals surface area (Å²) in [6.07, 6.45) is 1.26. The van der Waals surface area contributed by atoms with Crippen LogP contribution >= 0.6 is 11.3 Å². The number of rotatable bonds is 5. The van der Waals surface area contributed by atoms with E-state index in [1.54, 1.807) is 11.3 Å². The van der Waals surface area contributed by atoms with E-state index in [9.17, 15) is 8.42 Å². The van der Waals surface area contributed by atoms with Gasteiger partial charge in [-0.15, -0.1) is 11.3 Å². The maximum Gasteiger partial charge on any atom is 0.148 e. The predicted octanol–water partition coefficient (Wildman–Crippen LogP) is 1.50. The summed E-state index contributed by atoms with van der Waals surface area (Å²) < 4.78 is 21.7. The Morgan fingerprint density at radius 2 is 2.07 bits per heavy atom. The standard InChI is InChI=1S/C10H17NO2S2/c1-8-6-10(14-9(8)2)7-11-4-5-15(3,12)13/h6,11H,4-5,7H2,1-3H3. The number of sulfone groups is 1. The van der Waals surface area contributed by atoms with Gasteiger partial charge in [0.2, 0.25) is 0 Å². The smallest absolute Gasteiger partial charge is 0.148 e. The van der Waals surface area contributed by atoms with Gasteiger partial charge in [-0.25, -0.2) is 8.42 Å². The molecule has 3 nitrogen and oxygen atoms in total. The average Bonchev–Trinajstić information content (AvgIpc) is 2.39. The summed E-state index contributed by atoms with van der Waals surface area (Å²) >= 11 is 1.76. The van der Waals surface area contributed by atoms with Crippen LogP contribution in [0.2, 0.25) is 0 Å². The first kappa shape index (κ1) is 12.7. The van der Waals surface area contributed by atoms with Crippen LogP contribution in [0.15, 0.2) is 6.07 Å². The van der Waals surface area contributed by atoms with Gasteiger partial charge in [-0.05, 0) is 25.5 Å². The first-order chi connectivity index (χ1) is 6.88. The molecule has 0 aliphatic heterocycles. The lowest BCUT2D eigenvalue weighted by Crippen LogP contribution is -2.21. The van der Waals surface area contributed by atoms with Crippen LogP contribution in [0.1, 0.15) is 15.3 Å². The number of hydrogen-bond acceptors (Lipinski definition) is 4. The van der Waals surface area contributed by atoms with Crippen molar-refractivity contribution in [2.24, 2.45) is 0 Å². The van der Waals surface area contributed by atoms with Gasteiger partial charge < -0.3 is 5.32 Å². The zero-order valence-electron chi connectivity index (χ0n) is 9.33. The van der Waals surface area contributed by atoms with Gasteiger partial charge in [0.25, 0.3) is 0 Å². The van der Waals surface area contributed by atoms with Crippen molar-refractivity contribution >= 4 is 21.2 Å². The zero-order chi connectivity index (χ0) is 11.5. The largest absolute Gasteiger partial charge is 0.311 e. The van der Waals surface area contributed by atoms with Crippen molar-refractivity contribution in [2.45, 2.75) is 20.4 Å². The Balaban J connectivity index is 2.32. The lowest BCUT2D eigenvalue weighted by Gasteiger charge is -2.01. The van der Waals surface area contributed by atoms with Crippen LogP contribution in [-0.4, -0.2) is 27.0 Å². The van der Waals surface area contributed by atoms with Gasteiger partial charge in [0.05, 0.1) is 5.75 Å². The number of aryl methyl sites for hydroxylation is 2. The molecule has 0 aliphatic carbocycles. The highest BCUT2D eigenvalue weighted by Gasteiger charge is 2.03. The highest BCUT2D eigenvalue weighted by molar-refractivity contribution is 7.90. The Bertz CT molecular complexity index is 401. The van der Waals surface area contributed by atoms with Gasteiger partial charge in [-0.2, -0.15) is 0 Å². The molecule has 5 heteroatoms. The molecule has 1 aromatic heterocycles. The molecule has 0 spiro atoms. The molecule has 1 rings (SSSR count). The van der Waals surface area contributed by atoms with E-state index in [0.29, 0.717) is 6.54 Å². The van der Waals surface area contributed by atoms with Crippen LogP contribution in [0.4, 0.5) is 0 Å². The van der Waals surface area contributed by atoms with Crippen molar-refractivity contribution < 1.29 is 8.42 Å². The van der Waals surface area contributed by atoms with Crippen molar-refractivity contribution in [3.05, 3.63) is 21.4 Å². The summed E-state index contributed by atoms with van der Waals surface area (Å²) in [7, 11) is -2.84. The molecule has 86 valence electrons. The fourth-order valence-electron chi connectivity index (χ4n) is 1.21. The summed E-state index contributed by atoms with van der Waals surface area (Å²) in [6, 6.07) is 2.15. The van der Waals surface area contributed by atoms with Crippen LogP contribution in [0.3, 0.4) is 0 Å². The van der Waals surface area contributed by atoms with E-state index in [4.69, 9.17) is 0 Å². The van der Waals surface area contributed by atoms with Crippen LogP contribution in [0.25, 0.3) is 0 Å². The Morgan fingerprint density at radius 1 is 1.40 bits per heavy atom. The van der Waals surface area contributed by atoms with Crippen molar-refractivity contribution in [1.29, 1.82) is 0 Å². The Hall–Kier alpha value is -0.390. The summed E-state index contributed by atoms with van der Waals surface area (Å²) in [6.45, 7) is 5.47. The Labute approximate surface area is 95.4 Å². The van der Waals surface area contributed by atoms with E-state index in [2.05, 4.69) is 25.2 Å². The van der Waals surface area contributed by atoms with Crippen molar-refractivity contribution in [2.75, 3.05) is 18.6 Å². The van der Waals surface area contributed by atoms with Crippen LogP contribution in [0, 0.1) is 13.8 Å². The molecule has 0 unspecified atom stereocenters. The quantitative estimate of drug-likeness (QED) is 0.802. The SMILES string of the molecule is Cc1cc(CNCCS(C)(=O)=O)sc1C. The maximum atomic E-state index is 10.9. The molecule has 0 radical (unpaired) electrons. The third-order valence-electron chi connectivity index (χ3n) is 2.17. The molecule has 0 saturated heterocycles. The van der Waals surface area contributed by atoms with Gasteiger partial charge >= 0.3 is 0 Å². The molecule has 0 atom stereocenters. The topological polar surface area (TPSA) is 46.2 Å². The first-order valence-corrected chi connectivity index (χ1v) is 7.70. The van der Waals surface area contributed by atoms with Crippen LogP contribution in [0.5, 0.6) is 0 Å². The summed E-state index contributed by atoms with van der Waals surface area (Å²) in [5, 5.41) is 3.13. The minimum absolute atomic E-state index is 0.205. The number of thiophene rings is 1. The van der Waals surface area contributed by atoms with Gasteiger partial charge in [-0.1, -0.05) is 0 Å². The fraction of sp³-hybridized carbons (Fsp3) is 0.600. The fourth-order valence-corrected chi connectivity index (χ4v) is 2.74. The van der Waals surface area contributed by atoms with Gasteiger partial charge in [0, 0.05) is 29.1 Å². The summed E-state index contributed by atoms with van der Waals surface area (Å²) in [4.78, 5) is 2.59. The highest BCUT2D eigenvalue weighted by atomic mass is 32.2. The van der Waals surface area contributed by atoms with E-state index in [0.717, 1.165) is 6.54 Å². The lowest BCUT2D eigenvalue weighted by atomic mass is 10.3. The normalized spacial score (nSPS) is 11.9. The third kappa shape index (κ3) is 4.77. The minimum Gasteiger partial charge on any atom is -0.311 e. The lowest BCUT2D eigenvalue weighted by molar-refractivity contribution is 0.596. The molecule has 0 bridgehead atoms. The molecule has 0 saturated carbocycles. The molecule has 0 amide bonds. The van der Waals surface area contributed by atoms with E-state index in [1.165, 1.54) is 21.6 Å². The molecule has 1 N–H and O–H groups in total. The van der Waals surface area contributed by atoms with Crippen LogP contribution < -0.4 is 5.32 Å². The molecule has 0 fully saturated rings. The zero-order valence-corrected chi connectivity index (χ0v) is 11.0. The average molecular weight is 247 g/mol. The summed E-state index contributed by atoms with van der Waals surface area (Å²) in [5.41, 5.74) is 1.31. The van der Waals surface area contributed by atoms with Gasteiger partial charge in [0.1, 0.15) is 9.84 Å². The van der Waals surface area contributed by atoms with Crippen molar-refractivity contribution in [3.63, 3.8) is 0 Å². The predicted molar refractivity (Wildman–Crippen MR) is 65.2 cm³/mol. The molecule has 1 aromatic rings. The van der Waals surface area contributed by atoms with Crippen molar-refractivity contribution in [1.82, 2.24) is 5.32 Å². The van der Waals surface area contributed by atoms with Gasteiger partial charge in [0.15, 0.2) is 0 Å². The van der Waals surface area contributed by atoms with Gasteiger partial charge in [-0.3, -0.25) is 0 Å². The molecule has 0 aromatic carbocycles. The van der Waals surface area contributed by atoms with E-state index < -0.39 is 9.84 Å².